The molecule has 0 aliphatic rings. The van der Waals surface area contributed by atoms with Crippen molar-refractivity contribution >= 4 is 21.6 Å². The molecule has 0 unspecified atom stereocenters. The van der Waals surface area contributed by atoms with Crippen molar-refractivity contribution in [1.29, 1.82) is 0 Å². The third kappa shape index (κ3) is 5.14. The monoisotopic (exact) mass is 332 g/mol. The van der Waals surface area contributed by atoms with E-state index in [-0.39, 0.29) is 29.8 Å². The minimum absolute atomic E-state index is 0.0325. The summed E-state index contributed by atoms with van der Waals surface area (Å²) in [6, 6.07) is 0.695. The van der Waals surface area contributed by atoms with Crippen molar-refractivity contribution < 1.29 is 26.3 Å². The molecule has 0 atom stereocenters. The van der Waals surface area contributed by atoms with E-state index in [4.69, 9.17) is 16.3 Å². The molecule has 1 N–H and O–H groups in total. The number of pyridine rings is 1. The third-order valence-electron chi connectivity index (χ3n) is 2.18. The molecule has 0 spiro atoms. The normalized spacial score (nSPS) is 12.4. The van der Waals surface area contributed by atoms with Gasteiger partial charge in [-0.3, -0.25) is 0 Å². The average molecular weight is 333 g/mol. The van der Waals surface area contributed by atoms with Gasteiger partial charge in [-0.2, -0.15) is 13.2 Å². The highest BCUT2D eigenvalue weighted by atomic mass is 35.5. The molecule has 0 saturated heterocycles. The number of hydrogen-bond acceptors (Lipinski definition) is 4. The quantitative estimate of drug-likeness (QED) is 0.810. The zero-order chi connectivity index (χ0) is 15.4. The summed E-state index contributed by atoms with van der Waals surface area (Å²) in [5.74, 6) is -0.262. The van der Waals surface area contributed by atoms with Crippen LogP contribution in [0.25, 0.3) is 0 Å². The van der Waals surface area contributed by atoms with Gasteiger partial charge in [0.05, 0.1) is 11.3 Å². The summed E-state index contributed by atoms with van der Waals surface area (Å²) < 4.78 is 66.5. The van der Waals surface area contributed by atoms with Crippen LogP contribution >= 0.6 is 11.6 Å². The van der Waals surface area contributed by atoms with Crippen molar-refractivity contribution in [1.82, 2.24) is 9.71 Å². The van der Waals surface area contributed by atoms with E-state index < -0.39 is 21.8 Å². The van der Waals surface area contributed by atoms with Gasteiger partial charge in [0, 0.05) is 12.7 Å². The second-order valence-electron chi connectivity index (χ2n) is 3.65. The van der Waals surface area contributed by atoms with E-state index in [1.807, 2.05) is 0 Å². The second kappa shape index (κ2) is 6.59. The average Bonchev–Trinajstić information content (AvgIpc) is 2.35. The maximum absolute atomic E-state index is 12.4. The Balaban J connectivity index is 2.58. The Morgan fingerprint density at radius 2 is 2.10 bits per heavy atom. The number of ether oxygens (including phenoxy) is 1. The molecule has 0 fully saturated rings. The molecule has 0 aliphatic carbocycles. The van der Waals surface area contributed by atoms with Crippen molar-refractivity contribution in [3.63, 3.8) is 0 Å². The molecule has 5 nitrogen and oxygen atoms in total. The van der Waals surface area contributed by atoms with Crippen LogP contribution < -0.4 is 9.46 Å². The Labute approximate surface area is 119 Å². The molecule has 0 radical (unpaired) electrons. The highest BCUT2D eigenvalue weighted by Gasteiger charge is 2.31. The fourth-order valence-electron chi connectivity index (χ4n) is 1.13. The Kier molecular flexibility index (Phi) is 5.60. The Morgan fingerprint density at radius 1 is 1.45 bits per heavy atom. The van der Waals surface area contributed by atoms with Crippen LogP contribution in [0, 0.1) is 0 Å². The number of alkyl halides is 3. The zero-order valence-corrected chi connectivity index (χ0v) is 11.9. The molecule has 0 aliphatic heterocycles. The number of hydrogen-bond donors (Lipinski definition) is 1. The third-order valence-corrected chi connectivity index (χ3v) is 3.85. The van der Waals surface area contributed by atoms with Crippen LogP contribution in [0.2, 0.25) is 5.02 Å². The van der Waals surface area contributed by atoms with Gasteiger partial charge in [0.15, 0.2) is 0 Å². The van der Waals surface area contributed by atoms with Gasteiger partial charge in [0.25, 0.3) is 0 Å². The summed E-state index contributed by atoms with van der Waals surface area (Å²) >= 11 is 5.61. The van der Waals surface area contributed by atoms with Crippen LogP contribution in [-0.2, 0) is 16.2 Å². The van der Waals surface area contributed by atoms with Crippen LogP contribution in [0.1, 0.15) is 12.5 Å². The van der Waals surface area contributed by atoms with Crippen molar-refractivity contribution in [3.8, 4) is 5.88 Å². The number of nitrogens with zero attached hydrogens (tertiary/aromatic N) is 1. The first-order valence-corrected chi connectivity index (χ1v) is 7.51. The molecule has 0 saturated carbocycles. The van der Waals surface area contributed by atoms with Crippen LogP contribution in [0.3, 0.4) is 0 Å². The van der Waals surface area contributed by atoms with Gasteiger partial charge < -0.3 is 4.74 Å². The lowest BCUT2D eigenvalue weighted by Gasteiger charge is -2.10. The Hall–Kier alpha value is -1.06. The van der Waals surface area contributed by atoms with E-state index in [1.54, 1.807) is 0 Å². The van der Waals surface area contributed by atoms with Gasteiger partial charge in [-0.15, -0.1) is 0 Å². The standard InChI is InChI=1S/C10H12ClF3N2O3S/c1-2-20(17,18)16-3-4-19-9-8(11)5-7(6-15-9)10(12,13)14/h5-6,16H,2-4H2,1H3. The van der Waals surface area contributed by atoms with E-state index >= 15 is 0 Å². The van der Waals surface area contributed by atoms with Gasteiger partial charge in [-0.1, -0.05) is 11.6 Å². The van der Waals surface area contributed by atoms with E-state index in [0.29, 0.717) is 12.3 Å². The van der Waals surface area contributed by atoms with Crippen molar-refractivity contribution in [3.05, 3.63) is 22.8 Å². The Bertz CT molecular complexity index is 563. The topological polar surface area (TPSA) is 68.3 Å². The van der Waals surface area contributed by atoms with Crippen LogP contribution in [-0.4, -0.2) is 32.3 Å². The van der Waals surface area contributed by atoms with Gasteiger partial charge in [-0.05, 0) is 13.0 Å². The smallest absolute Gasteiger partial charge is 0.417 e. The molecule has 1 aromatic rings. The second-order valence-corrected chi connectivity index (χ2v) is 6.16. The molecule has 0 bridgehead atoms. The van der Waals surface area contributed by atoms with Crippen molar-refractivity contribution in [2.75, 3.05) is 18.9 Å². The van der Waals surface area contributed by atoms with Crippen LogP contribution in [0.4, 0.5) is 13.2 Å². The minimum Gasteiger partial charge on any atom is -0.475 e. The van der Waals surface area contributed by atoms with Crippen LogP contribution in [0.15, 0.2) is 12.3 Å². The number of halogens is 4. The largest absolute Gasteiger partial charge is 0.475 e. The summed E-state index contributed by atoms with van der Waals surface area (Å²) in [5.41, 5.74) is -0.985. The molecule has 114 valence electrons. The fourth-order valence-corrected chi connectivity index (χ4v) is 1.95. The predicted molar refractivity (Wildman–Crippen MR) is 67.2 cm³/mol. The van der Waals surface area contributed by atoms with Gasteiger partial charge in [0.1, 0.15) is 11.6 Å². The van der Waals surface area contributed by atoms with E-state index in [9.17, 15) is 21.6 Å². The molecule has 0 amide bonds. The van der Waals surface area contributed by atoms with E-state index in [0.717, 1.165) is 0 Å². The predicted octanol–water partition coefficient (Wildman–Crippen LogP) is 2.07. The maximum atomic E-state index is 12.4. The summed E-state index contributed by atoms with van der Waals surface area (Å²) in [4.78, 5) is 3.45. The minimum atomic E-state index is -4.54. The number of rotatable bonds is 6. The SMILES string of the molecule is CCS(=O)(=O)NCCOc1ncc(C(F)(F)F)cc1Cl. The summed E-state index contributed by atoms with van der Waals surface area (Å²) in [5, 5.41) is -0.293. The van der Waals surface area contributed by atoms with Gasteiger partial charge in [0.2, 0.25) is 15.9 Å². The molecule has 10 heteroatoms. The maximum Gasteiger partial charge on any atom is 0.417 e. The lowest BCUT2D eigenvalue weighted by molar-refractivity contribution is -0.137. The first kappa shape index (κ1) is 17.0. The van der Waals surface area contributed by atoms with Gasteiger partial charge in [-0.25, -0.2) is 18.1 Å². The van der Waals surface area contributed by atoms with E-state index in [2.05, 4.69) is 9.71 Å². The Morgan fingerprint density at radius 3 is 2.60 bits per heavy atom. The number of aromatic nitrogens is 1. The molecular weight excluding hydrogens is 321 g/mol. The molecular formula is C10H12ClF3N2O3S. The number of sulfonamides is 1. The summed E-state index contributed by atoms with van der Waals surface area (Å²) in [6.45, 7) is 1.34. The molecule has 1 aromatic heterocycles. The molecule has 0 aromatic carbocycles. The van der Waals surface area contributed by atoms with Crippen molar-refractivity contribution in [2.45, 2.75) is 13.1 Å². The number of nitrogens with one attached hydrogen (secondary N) is 1. The highest BCUT2D eigenvalue weighted by Crippen LogP contribution is 2.32. The first-order chi connectivity index (χ1) is 9.15. The van der Waals surface area contributed by atoms with Crippen LogP contribution in [0.5, 0.6) is 5.88 Å². The van der Waals surface area contributed by atoms with Gasteiger partial charge >= 0.3 is 6.18 Å². The lowest BCUT2D eigenvalue weighted by Crippen LogP contribution is -2.29. The molecule has 1 heterocycles. The molecule has 20 heavy (non-hydrogen) atoms. The van der Waals surface area contributed by atoms with Crippen molar-refractivity contribution in [2.24, 2.45) is 0 Å². The summed E-state index contributed by atoms with van der Waals surface area (Å²) in [7, 11) is -3.34. The lowest BCUT2D eigenvalue weighted by atomic mass is 10.3. The van der Waals surface area contributed by atoms with E-state index in [1.165, 1.54) is 6.92 Å². The summed E-state index contributed by atoms with van der Waals surface area (Å²) in [6.07, 6.45) is -3.94. The highest BCUT2D eigenvalue weighted by molar-refractivity contribution is 7.89. The zero-order valence-electron chi connectivity index (χ0n) is 10.4. The first-order valence-electron chi connectivity index (χ1n) is 5.48. The fraction of sp³-hybridized carbons (Fsp3) is 0.500. The molecule has 1 rings (SSSR count).